The molecule has 1 N–H and O–H groups in total. The summed E-state index contributed by atoms with van der Waals surface area (Å²) in [5.74, 6) is -2.15. The zero-order valence-electron chi connectivity index (χ0n) is 15.2. The fourth-order valence-electron chi connectivity index (χ4n) is 4.29. The van der Waals surface area contributed by atoms with Crippen molar-refractivity contribution in [3.05, 3.63) is 47.0 Å². The summed E-state index contributed by atoms with van der Waals surface area (Å²) in [4.78, 5) is 12.8. The lowest BCUT2D eigenvalue weighted by molar-refractivity contribution is -0.183. The molecule has 2 aromatic rings. The maximum absolute atomic E-state index is 13.2. The van der Waals surface area contributed by atoms with E-state index in [0.29, 0.717) is 24.9 Å². The fourth-order valence-corrected chi connectivity index (χ4v) is 4.29. The molecule has 28 heavy (non-hydrogen) atoms. The highest BCUT2D eigenvalue weighted by Crippen LogP contribution is 2.37. The largest absolute Gasteiger partial charge is 0.391 e. The van der Waals surface area contributed by atoms with Crippen LogP contribution < -0.4 is 5.32 Å². The van der Waals surface area contributed by atoms with Gasteiger partial charge < -0.3 is 5.32 Å². The second-order valence-electron chi connectivity index (χ2n) is 7.59. The van der Waals surface area contributed by atoms with Crippen molar-refractivity contribution in [2.45, 2.75) is 57.2 Å². The lowest BCUT2D eigenvalue weighted by atomic mass is 9.85. The van der Waals surface area contributed by atoms with Crippen LogP contribution in [-0.2, 0) is 12.8 Å². The number of fused-ring (bicyclic) bond motifs is 1. The average Bonchev–Trinajstić information content (AvgIpc) is 3.24. The van der Waals surface area contributed by atoms with E-state index in [1.54, 1.807) is 16.8 Å². The standard InChI is InChI=1S/C20H21F4N3O/c21-13-7-9-15(10-8-13)27-17-6-2-5-16(17)18(26-27)19(28)25-14-4-1-3-12(11-14)20(22,23)24/h7-10,12,14H,1-6,11H2,(H,25,28). The molecule has 0 bridgehead atoms. The predicted octanol–water partition coefficient (Wildman–Crippen LogP) is 4.35. The van der Waals surface area contributed by atoms with Gasteiger partial charge in [-0.3, -0.25) is 4.79 Å². The van der Waals surface area contributed by atoms with Crippen LogP contribution in [0.25, 0.3) is 5.69 Å². The minimum absolute atomic E-state index is 0.0872. The van der Waals surface area contributed by atoms with Gasteiger partial charge in [0.05, 0.1) is 11.6 Å². The van der Waals surface area contributed by atoms with E-state index >= 15 is 0 Å². The Morgan fingerprint density at radius 3 is 2.57 bits per heavy atom. The lowest BCUT2D eigenvalue weighted by Crippen LogP contribution is -2.42. The Balaban J connectivity index is 1.55. The molecule has 0 aliphatic heterocycles. The molecule has 2 aliphatic rings. The molecule has 150 valence electrons. The van der Waals surface area contributed by atoms with Crippen molar-refractivity contribution in [1.29, 1.82) is 0 Å². The zero-order chi connectivity index (χ0) is 19.9. The molecule has 8 heteroatoms. The predicted molar refractivity (Wildman–Crippen MR) is 94.8 cm³/mol. The number of rotatable bonds is 3. The van der Waals surface area contributed by atoms with Gasteiger partial charge in [0.2, 0.25) is 0 Å². The summed E-state index contributed by atoms with van der Waals surface area (Å²) in [7, 11) is 0. The topological polar surface area (TPSA) is 46.9 Å². The van der Waals surface area contributed by atoms with Gasteiger partial charge in [-0.2, -0.15) is 18.3 Å². The Hall–Kier alpha value is -2.38. The van der Waals surface area contributed by atoms with E-state index in [4.69, 9.17) is 0 Å². The van der Waals surface area contributed by atoms with Gasteiger partial charge in [0, 0.05) is 17.3 Å². The number of aromatic nitrogens is 2. The summed E-state index contributed by atoms with van der Waals surface area (Å²) in [5.41, 5.74) is 2.68. The molecule has 0 saturated heterocycles. The first-order valence-electron chi connectivity index (χ1n) is 9.57. The van der Waals surface area contributed by atoms with Crippen LogP contribution in [0.5, 0.6) is 0 Å². The van der Waals surface area contributed by atoms with Crippen molar-refractivity contribution in [3.8, 4) is 5.69 Å². The van der Waals surface area contributed by atoms with Crippen LogP contribution in [-0.4, -0.2) is 27.9 Å². The van der Waals surface area contributed by atoms with Crippen molar-refractivity contribution in [2.75, 3.05) is 0 Å². The summed E-state index contributed by atoms with van der Waals surface area (Å²) in [6.07, 6.45) is -0.873. The van der Waals surface area contributed by atoms with Crippen LogP contribution >= 0.6 is 0 Å². The van der Waals surface area contributed by atoms with Crippen LogP contribution in [0.2, 0.25) is 0 Å². The van der Waals surface area contributed by atoms with Crippen LogP contribution in [0.4, 0.5) is 17.6 Å². The summed E-state index contributed by atoms with van der Waals surface area (Å²) in [5, 5.41) is 7.19. The molecule has 1 saturated carbocycles. The fraction of sp³-hybridized carbons (Fsp3) is 0.500. The number of carbonyl (C=O) groups is 1. The van der Waals surface area contributed by atoms with E-state index in [-0.39, 0.29) is 24.4 Å². The van der Waals surface area contributed by atoms with Gasteiger partial charge in [0.15, 0.2) is 5.69 Å². The Labute approximate surface area is 159 Å². The number of benzene rings is 1. The number of hydrogen-bond acceptors (Lipinski definition) is 2. The second-order valence-corrected chi connectivity index (χ2v) is 7.59. The maximum atomic E-state index is 13.2. The Morgan fingerprint density at radius 2 is 1.86 bits per heavy atom. The summed E-state index contributed by atoms with van der Waals surface area (Å²) >= 11 is 0. The molecule has 1 fully saturated rings. The van der Waals surface area contributed by atoms with Gasteiger partial charge in [-0.25, -0.2) is 9.07 Å². The molecule has 0 spiro atoms. The number of amides is 1. The molecule has 4 rings (SSSR count). The monoisotopic (exact) mass is 395 g/mol. The molecule has 1 amide bonds. The van der Waals surface area contributed by atoms with Crippen LogP contribution in [0, 0.1) is 11.7 Å². The number of nitrogens with zero attached hydrogens (tertiary/aromatic N) is 2. The quantitative estimate of drug-likeness (QED) is 0.786. The normalized spacial score (nSPS) is 22.1. The third-order valence-corrected chi connectivity index (χ3v) is 5.69. The highest BCUT2D eigenvalue weighted by Gasteiger charge is 2.42. The number of carbonyl (C=O) groups excluding carboxylic acids is 1. The summed E-state index contributed by atoms with van der Waals surface area (Å²) in [6, 6.07) is 5.35. The van der Waals surface area contributed by atoms with E-state index in [0.717, 1.165) is 24.1 Å². The Morgan fingerprint density at radius 1 is 1.11 bits per heavy atom. The number of nitrogens with one attached hydrogen (secondary N) is 1. The van der Waals surface area contributed by atoms with Crippen LogP contribution in [0.3, 0.4) is 0 Å². The van der Waals surface area contributed by atoms with Crippen LogP contribution in [0.15, 0.2) is 24.3 Å². The molecule has 2 atom stereocenters. The maximum Gasteiger partial charge on any atom is 0.391 e. The van der Waals surface area contributed by atoms with E-state index in [2.05, 4.69) is 10.4 Å². The molecule has 1 heterocycles. The molecule has 2 aliphatic carbocycles. The first kappa shape index (κ1) is 19.0. The van der Waals surface area contributed by atoms with Gasteiger partial charge in [-0.1, -0.05) is 6.42 Å². The van der Waals surface area contributed by atoms with Crippen molar-refractivity contribution < 1.29 is 22.4 Å². The zero-order valence-corrected chi connectivity index (χ0v) is 15.2. The molecule has 1 aromatic carbocycles. The molecular formula is C20H21F4N3O. The highest BCUT2D eigenvalue weighted by atomic mass is 19.4. The summed E-state index contributed by atoms with van der Waals surface area (Å²) in [6.45, 7) is 0. The molecule has 1 aromatic heterocycles. The van der Waals surface area contributed by atoms with E-state index < -0.39 is 24.0 Å². The molecule has 0 radical (unpaired) electrons. The van der Waals surface area contributed by atoms with Crippen molar-refractivity contribution in [3.63, 3.8) is 0 Å². The van der Waals surface area contributed by atoms with Gasteiger partial charge in [-0.05, 0) is 62.8 Å². The average molecular weight is 395 g/mol. The smallest absolute Gasteiger partial charge is 0.348 e. The van der Waals surface area contributed by atoms with Crippen LogP contribution in [0.1, 0.15) is 53.8 Å². The van der Waals surface area contributed by atoms with Gasteiger partial charge in [-0.15, -0.1) is 0 Å². The van der Waals surface area contributed by atoms with Gasteiger partial charge in [0.1, 0.15) is 5.82 Å². The lowest BCUT2D eigenvalue weighted by Gasteiger charge is -2.30. The first-order chi connectivity index (χ1) is 13.3. The van der Waals surface area contributed by atoms with Crippen molar-refractivity contribution >= 4 is 5.91 Å². The van der Waals surface area contributed by atoms with Crippen molar-refractivity contribution in [2.24, 2.45) is 5.92 Å². The van der Waals surface area contributed by atoms with Gasteiger partial charge in [0.25, 0.3) is 5.91 Å². The Bertz CT molecular complexity index is 873. The minimum atomic E-state index is -4.23. The molecular weight excluding hydrogens is 374 g/mol. The van der Waals surface area contributed by atoms with E-state index in [1.165, 1.54) is 12.1 Å². The molecule has 2 unspecified atom stereocenters. The number of hydrogen-bond donors (Lipinski definition) is 1. The summed E-state index contributed by atoms with van der Waals surface area (Å²) < 4.78 is 53.9. The van der Waals surface area contributed by atoms with E-state index in [1.807, 2.05) is 0 Å². The van der Waals surface area contributed by atoms with Crippen molar-refractivity contribution in [1.82, 2.24) is 15.1 Å². The number of alkyl halides is 3. The Kier molecular flexibility index (Phi) is 4.89. The van der Waals surface area contributed by atoms with Gasteiger partial charge >= 0.3 is 6.18 Å². The minimum Gasteiger partial charge on any atom is -0.348 e. The first-order valence-corrected chi connectivity index (χ1v) is 9.57. The molecule has 4 nitrogen and oxygen atoms in total. The SMILES string of the molecule is O=C(NC1CCCC(C(F)(F)F)C1)c1nn(-c2ccc(F)cc2)c2c1CCC2. The second kappa shape index (κ2) is 7.22. The number of halogens is 4. The van der Waals surface area contributed by atoms with E-state index in [9.17, 15) is 22.4 Å². The highest BCUT2D eigenvalue weighted by molar-refractivity contribution is 5.94. The third kappa shape index (κ3) is 3.64. The third-order valence-electron chi connectivity index (χ3n) is 5.69.